The maximum Gasteiger partial charge on any atom is 0.0610 e. The van der Waals surface area contributed by atoms with Crippen molar-refractivity contribution in [3.63, 3.8) is 0 Å². The van der Waals surface area contributed by atoms with Gasteiger partial charge in [0.2, 0.25) is 0 Å². The first-order chi connectivity index (χ1) is 8.63. The molecule has 1 saturated carbocycles. The van der Waals surface area contributed by atoms with Gasteiger partial charge in [-0.3, -0.25) is 0 Å². The Morgan fingerprint density at radius 3 is 2.61 bits per heavy atom. The second-order valence-corrected chi connectivity index (χ2v) is 5.96. The van der Waals surface area contributed by atoms with Gasteiger partial charge in [-0.1, -0.05) is 37.3 Å². The number of piperidine rings is 1. The molecule has 1 aliphatic carbocycles. The van der Waals surface area contributed by atoms with Gasteiger partial charge in [0.05, 0.1) is 12.1 Å². The molecule has 4 atom stereocenters. The van der Waals surface area contributed by atoms with Crippen LogP contribution in [0.1, 0.15) is 44.2 Å². The Balaban J connectivity index is 1.87. The smallest absolute Gasteiger partial charge is 0.0610 e. The summed E-state index contributed by atoms with van der Waals surface area (Å²) in [5, 5.41) is 22.1. The summed E-state index contributed by atoms with van der Waals surface area (Å²) in [6, 6.07) is 10.3. The predicted octanol–water partition coefficient (Wildman–Crippen LogP) is 2.74. The van der Waals surface area contributed by atoms with Gasteiger partial charge in [-0.15, -0.1) is 0 Å². The van der Waals surface area contributed by atoms with Crippen LogP contribution in [0.25, 0.3) is 0 Å². The van der Waals surface area contributed by atoms with Gasteiger partial charge in [0.1, 0.15) is 0 Å². The van der Waals surface area contributed by atoms with Crippen LogP contribution in [0.15, 0.2) is 30.3 Å². The molecule has 1 aromatic carbocycles. The Kier molecular flexibility index (Phi) is 2.93. The van der Waals surface area contributed by atoms with Gasteiger partial charge >= 0.3 is 0 Å². The van der Waals surface area contributed by atoms with Crippen LogP contribution in [-0.4, -0.2) is 27.5 Å². The van der Waals surface area contributed by atoms with Crippen molar-refractivity contribution < 1.29 is 10.3 Å². The van der Waals surface area contributed by atoms with Gasteiger partial charge in [0.15, 0.2) is 0 Å². The zero-order valence-corrected chi connectivity index (χ0v) is 10.8. The zero-order chi connectivity index (χ0) is 12.8. The zero-order valence-electron chi connectivity index (χ0n) is 10.8. The second kappa shape index (κ2) is 4.34. The molecular formula is C15H21NO2. The Morgan fingerprint density at radius 2 is 1.89 bits per heavy atom. The molecule has 2 aliphatic rings. The van der Waals surface area contributed by atoms with E-state index in [0.29, 0.717) is 0 Å². The molecule has 0 bridgehead atoms. The van der Waals surface area contributed by atoms with Gasteiger partial charge in [0, 0.05) is 11.5 Å². The molecule has 2 N–H and O–H groups in total. The molecular weight excluding hydrogens is 226 g/mol. The number of nitrogens with zero attached hydrogens (tertiary/aromatic N) is 1. The first-order valence-electron chi connectivity index (χ1n) is 6.83. The molecule has 3 nitrogen and oxygen atoms in total. The summed E-state index contributed by atoms with van der Waals surface area (Å²) in [4.78, 5) is 0. The van der Waals surface area contributed by atoms with Crippen LogP contribution in [0.5, 0.6) is 0 Å². The molecule has 0 spiro atoms. The highest BCUT2D eigenvalue weighted by atomic mass is 16.5. The molecule has 1 aliphatic heterocycles. The molecule has 3 heteroatoms. The van der Waals surface area contributed by atoms with Crippen molar-refractivity contribution in [1.29, 1.82) is 0 Å². The van der Waals surface area contributed by atoms with E-state index in [4.69, 9.17) is 0 Å². The maximum absolute atomic E-state index is 10.5. The third-order valence-corrected chi connectivity index (χ3v) is 5.02. The summed E-state index contributed by atoms with van der Waals surface area (Å²) in [5.41, 5.74) is 1.03. The summed E-state index contributed by atoms with van der Waals surface area (Å²) in [5.74, 6) is 0. The van der Waals surface area contributed by atoms with Crippen molar-refractivity contribution >= 4 is 0 Å². The lowest BCUT2D eigenvalue weighted by molar-refractivity contribution is -0.216. The maximum atomic E-state index is 10.5. The molecule has 0 amide bonds. The fourth-order valence-electron chi connectivity index (χ4n) is 3.76. The van der Waals surface area contributed by atoms with Gasteiger partial charge in [0.25, 0.3) is 0 Å². The van der Waals surface area contributed by atoms with Crippen LogP contribution >= 0.6 is 0 Å². The summed E-state index contributed by atoms with van der Waals surface area (Å²) in [6.45, 7) is 2.11. The molecule has 1 heterocycles. The fraction of sp³-hybridized carbons (Fsp3) is 0.600. The minimum Gasteiger partial charge on any atom is -0.392 e. The van der Waals surface area contributed by atoms with E-state index in [-0.39, 0.29) is 23.6 Å². The average molecular weight is 247 g/mol. The average Bonchev–Trinajstić information content (AvgIpc) is 2.68. The number of benzene rings is 1. The highest BCUT2D eigenvalue weighted by Crippen LogP contribution is 2.51. The molecule has 1 saturated heterocycles. The standard InChI is InChI=1S/C15H21NO2/c1-15-10-9-12(11-5-3-2-4-6-11)16(18)13(15)7-8-14(15)17/h2-6,12-14,17-18H,7-10H2,1H3/t12-,13-,14-,15+/m1/s1. The molecule has 0 unspecified atom stereocenters. The van der Waals surface area contributed by atoms with Crippen molar-refractivity contribution in [2.45, 2.75) is 50.8 Å². The van der Waals surface area contributed by atoms with Crippen molar-refractivity contribution in [3.8, 4) is 0 Å². The molecule has 0 radical (unpaired) electrons. The number of hydroxylamine groups is 2. The van der Waals surface area contributed by atoms with Gasteiger partial charge in [-0.05, 0) is 31.2 Å². The minimum absolute atomic E-state index is 0.0783. The van der Waals surface area contributed by atoms with Crippen LogP contribution in [-0.2, 0) is 0 Å². The number of aliphatic hydroxyl groups excluding tert-OH is 1. The highest BCUT2D eigenvalue weighted by molar-refractivity contribution is 5.20. The Morgan fingerprint density at radius 1 is 1.17 bits per heavy atom. The largest absolute Gasteiger partial charge is 0.392 e. The Labute approximate surface area is 108 Å². The number of aliphatic hydroxyl groups is 1. The van der Waals surface area contributed by atoms with E-state index in [0.717, 1.165) is 25.7 Å². The number of rotatable bonds is 1. The van der Waals surface area contributed by atoms with Crippen LogP contribution in [0.4, 0.5) is 0 Å². The summed E-state index contributed by atoms with van der Waals surface area (Å²) >= 11 is 0. The molecule has 0 aromatic heterocycles. The van der Waals surface area contributed by atoms with Crippen LogP contribution in [0, 0.1) is 5.41 Å². The lowest BCUT2D eigenvalue weighted by Gasteiger charge is -2.47. The van der Waals surface area contributed by atoms with E-state index >= 15 is 0 Å². The highest BCUT2D eigenvalue weighted by Gasteiger charge is 2.52. The van der Waals surface area contributed by atoms with Crippen molar-refractivity contribution in [1.82, 2.24) is 5.06 Å². The Hall–Kier alpha value is -0.900. The summed E-state index contributed by atoms with van der Waals surface area (Å²) < 4.78 is 0. The van der Waals surface area contributed by atoms with Crippen LogP contribution in [0.2, 0.25) is 0 Å². The monoisotopic (exact) mass is 247 g/mol. The topological polar surface area (TPSA) is 43.7 Å². The van der Waals surface area contributed by atoms with E-state index in [1.54, 1.807) is 0 Å². The van der Waals surface area contributed by atoms with E-state index in [2.05, 4.69) is 19.1 Å². The van der Waals surface area contributed by atoms with Crippen molar-refractivity contribution in [2.24, 2.45) is 5.41 Å². The van der Waals surface area contributed by atoms with Crippen molar-refractivity contribution in [2.75, 3.05) is 0 Å². The summed E-state index contributed by atoms with van der Waals surface area (Å²) in [6.07, 6.45) is 3.31. The summed E-state index contributed by atoms with van der Waals surface area (Å²) in [7, 11) is 0. The molecule has 18 heavy (non-hydrogen) atoms. The van der Waals surface area contributed by atoms with Gasteiger partial charge in [-0.2, -0.15) is 5.06 Å². The number of hydrogen-bond acceptors (Lipinski definition) is 3. The Bertz CT molecular complexity index is 422. The van der Waals surface area contributed by atoms with E-state index in [9.17, 15) is 10.3 Å². The molecule has 1 aromatic rings. The van der Waals surface area contributed by atoms with E-state index < -0.39 is 0 Å². The van der Waals surface area contributed by atoms with E-state index in [1.165, 1.54) is 10.6 Å². The molecule has 3 rings (SSSR count). The third-order valence-electron chi connectivity index (χ3n) is 5.02. The first kappa shape index (κ1) is 12.2. The van der Waals surface area contributed by atoms with E-state index in [1.807, 2.05) is 18.2 Å². The predicted molar refractivity (Wildman–Crippen MR) is 69.2 cm³/mol. The van der Waals surface area contributed by atoms with Gasteiger partial charge in [-0.25, -0.2) is 0 Å². The first-order valence-corrected chi connectivity index (χ1v) is 6.83. The fourth-order valence-corrected chi connectivity index (χ4v) is 3.76. The van der Waals surface area contributed by atoms with Crippen molar-refractivity contribution in [3.05, 3.63) is 35.9 Å². The quantitative estimate of drug-likeness (QED) is 0.802. The molecule has 2 fully saturated rings. The SMILES string of the molecule is C[C@]12CC[C@H](c3ccccc3)N(O)[C@@H]1CC[C@H]2O. The van der Waals surface area contributed by atoms with Crippen LogP contribution < -0.4 is 0 Å². The molecule has 98 valence electrons. The number of hydrogen-bond donors (Lipinski definition) is 2. The lowest BCUT2D eigenvalue weighted by Crippen LogP contribution is -2.51. The second-order valence-electron chi connectivity index (χ2n) is 5.96. The van der Waals surface area contributed by atoms with Gasteiger partial charge < -0.3 is 10.3 Å². The lowest BCUT2D eigenvalue weighted by atomic mass is 9.73. The van der Waals surface area contributed by atoms with Crippen LogP contribution in [0.3, 0.4) is 0 Å². The number of fused-ring (bicyclic) bond motifs is 1. The third kappa shape index (κ3) is 1.69. The normalized spacial score (nSPS) is 40.7. The minimum atomic E-state index is -0.270.